The lowest BCUT2D eigenvalue weighted by Crippen LogP contribution is -2.49. The summed E-state index contributed by atoms with van der Waals surface area (Å²) in [4.78, 5) is 2.37. The van der Waals surface area contributed by atoms with Gasteiger partial charge in [0.05, 0.1) is 4.47 Å². The molecule has 1 fully saturated rings. The molecule has 1 aromatic rings. The zero-order valence-electron chi connectivity index (χ0n) is 9.75. The first-order chi connectivity index (χ1) is 7.66. The molecule has 0 radical (unpaired) electrons. The highest BCUT2D eigenvalue weighted by atomic mass is 79.9. The molecule has 1 heterocycles. The lowest BCUT2D eigenvalue weighted by Gasteiger charge is -2.33. The molecule has 2 nitrogen and oxygen atoms in total. The van der Waals surface area contributed by atoms with Gasteiger partial charge in [0, 0.05) is 32.2 Å². The van der Waals surface area contributed by atoms with Crippen LogP contribution >= 0.6 is 28.3 Å². The maximum atomic E-state index is 13.4. The highest BCUT2D eigenvalue weighted by Gasteiger charge is 2.17. The molecular formula is C12H17BrClFN2. The first-order valence-electron chi connectivity index (χ1n) is 5.55. The van der Waals surface area contributed by atoms with Crippen molar-refractivity contribution >= 4 is 28.3 Å². The van der Waals surface area contributed by atoms with Crippen molar-refractivity contribution in [2.75, 3.05) is 19.6 Å². The fraction of sp³-hybridized carbons (Fsp3) is 0.500. The normalized spacial score (nSPS) is 21.0. The summed E-state index contributed by atoms with van der Waals surface area (Å²) < 4.78 is 13.9. The van der Waals surface area contributed by atoms with Crippen LogP contribution in [0.2, 0.25) is 0 Å². The van der Waals surface area contributed by atoms with Crippen molar-refractivity contribution in [3.8, 4) is 0 Å². The molecule has 0 spiro atoms. The molecule has 2 rings (SSSR count). The smallest absolute Gasteiger partial charge is 0.137 e. The van der Waals surface area contributed by atoms with Gasteiger partial charge in [-0.05, 0) is 40.5 Å². The van der Waals surface area contributed by atoms with Crippen LogP contribution in [0.1, 0.15) is 12.5 Å². The maximum absolute atomic E-state index is 13.4. The molecule has 5 heteroatoms. The Hall–Kier alpha value is -0.160. The first kappa shape index (κ1) is 14.9. The van der Waals surface area contributed by atoms with Gasteiger partial charge in [-0.2, -0.15) is 0 Å². The summed E-state index contributed by atoms with van der Waals surface area (Å²) in [5, 5.41) is 3.35. The summed E-state index contributed by atoms with van der Waals surface area (Å²) in [5.74, 6) is -0.180. The molecule has 1 aliphatic rings. The summed E-state index contributed by atoms with van der Waals surface area (Å²) in [6, 6.07) is 5.87. The molecule has 1 aromatic carbocycles. The van der Waals surface area contributed by atoms with Crippen LogP contribution in [0.3, 0.4) is 0 Å². The Balaban J connectivity index is 0.00000144. The Morgan fingerprint density at radius 2 is 2.29 bits per heavy atom. The van der Waals surface area contributed by atoms with E-state index < -0.39 is 0 Å². The van der Waals surface area contributed by atoms with Crippen LogP contribution in [0.15, 0.2) is 22.7 Å². The number of nitrogens with one attached hydrogen (secondary N) is 1. The molecule has 0 bridgehead atoms. The Morgan fingerprint density at radius 1 is 1.53 bits per heavy atom. The zero-order chi connectivity index (χ0) is 11.5. The number of halogens is 3. The quantitative estimate of drug-likeness (QED) is 0.900. The molecule has 1 N–H and O–H groups in total. The second-order valence-corrected chi connectivity index (χ2v) is 5.13. The average molecular weight is 324 g/mol. The lowest BCUT2D eigenvalue weighted by atomic mass is 10.1. The van der Waals surface area contributed by atoms with Crippen molar-refractivity contribution in [3.05, 3.63) is 34.1 Å². The largest absolute Gasteiger partial charge is 0.314 e. The predicted octanol–water partition coefficient (Wildman–Crippen LogP) is 2.80. The number of piperazine rings is 1. The molecule has 0 amide bonds. The minimum Gasteiger partial charge on any atom is -0.314 e. The highest BCUT2D eigenvalue weighted by Crippen LogP contribution is 2.18. The van der Waals surface area contributed by atoms with Crippen LogP contribution in [0.4, 0.5) is 4.39 Å². The minimum absolute atomic E-state index is 0. The van der Waals surface area contributed by atoms with Gasteiger partial charge in [-0.25, -0.2) is 4.39 Å². The summed E-state index contributed by atoms with van der Waals surface area (Å²) in [6.45, 7) is 6.08. The molecule has 1 aliphatic heterocycles. The Kier molecular flexibility index (Phi) is 5.86. The Labute approximate surface area is 116 Å². The van der Waals surface area contributed by atoms with Gasteiger partial charge in [0.1, 0.15) is 5.82 Å². The van der Waals surface area contributed by atoms with Gasteiger partial charge in [0.15, 0.2) is 0 Å². The second-order valence-electron chi connectivity index (χ2n) is 4.27. The van der Waals surface area contributed by atoms with Gasteiger partial charge in [-0.1, -0.05) is 6.07 Å². The molecule has 0 unspecified atom stereocenters. The SMILES string of the molecule is C[C@H]1CNCCN1Cc1ccc(Br)c(F)c1.Cl. The van der Waals surface area contributed by atoms with Crippen molar-refractivity contribution in [1.82, 2.24) is 10.2 Å². The Bertz CT molecular complexity index is 376. The molecule has 96 valence electrons. The second kappa shape index (κ2) is 6.69. The number of hydrogen-bond acceptors (Lipinski definition) is 2. The third kappa shape index (κ3) is 3.91. The molecule has 0 aliphatic carbocycles. The van der Waals surface area contributed by atoms with E-state index in [9.17, 15) is 4.39 Å². The van der Waals surface area contributed by atoms with Gasteiger partial charge < -0.3 is 5.32 Å². The van der Waals surface area contributed by atoms with Crippen LogP contribution in [0.5, 0.6) is 0 Å². The molecule has 0 saturated carbocycles. The summed E-state index contributed by atoms with van der Waals surface area (Å²) >= 11 is 3.17. The number of rotatable bonds is 2. The molecule has 17 heavy (non-hydrogen) atoms. The van der Waals surface area contributed by atoms with E-state index in [0.717, 1.165) is 31.7 Å². The lowest BCUT2D eigenvalue weighted by molar-refractivity contribution is 0.165. The van der Waals surface area contributed by atoms with Crippen molar-refractivity contribution in [2.24, 2.45) is 0 Å². The molecular weight excluding hydrogens is 307 g/mol. The van der Waals surface area contributed by atoms with E-state index >= 15 is 0 Å². The average Bonchev–Trinajstić information content (AvgIpc) is 2.27. The predicted molar refractivity (Wildman–Crippen MR) is 74.1 cm³/mol. The van der Waals surface area contributed by atoms with E-state index in [0.29, 0.717) is 10.5 Å². The van der Waals surface area contributed by atoms with Crippen molar-refractivity contribution in [3.63, 3.8) is 0 Å². The van der Waals surface area contributed by atoms with E-state index in [1.54, 1.807) is 12.1 Å². The molecule has 1 saturated heterocycles. The third-order valence-corrected chi connectivity index (χ3v) is 3.65. The Morgan fingerprint density at radius 3 is 2.94 bits per heavy atom. The van der Waals surface area contributed by atoms with Gasteiger partial charge >= 0.3 is 0 Å². The summed E-state index contributed by atoms with van der Waals surface area (Å²) in [5.41, 5.74) is 1.04. The fourth-order valence-corrected chi connectivity index (χ4v) is 2.24. The monoisotopic (exact) mass is 322 g/mol. The van der Waals surface area contributed by atoms with Gasteiger partial charge in [-0.3, -0.25) is 4.90 Å². The van der Waals surface area contributed by atoms with Crippen LogP contribution in [-0.4, -0.2) is 30.6 Å². The molecule has 1 atom stereocenters. The first-order valence-corrected chi connectivity index (χ1v) is 6.35. The van der Waals surface area contributed by atoms with Gasteiger partial charge in [-0.15, -0.1) is 12.4 Å². The van der Waals surface area contributed by atoms with Gasteiger partial charge in [0.2, 0.25) is 0 Å². The van der Waals surface area contributed by atoms with E-state index in [4.69, 9.17) is 0 Å². The third-order valence-electron chi connectivity index (χ3n) is 3.01. The summed E-state index contributed by atoms with van der Waals surface area (Å²) in [7, 11) is 0. The van der Waals surface area contributed by atoms with Crippen molar-refractivity contribution in [1.29, 1.82) is 0 Å². The highest BCUT2D eigenvalue weighted by molar-refractivity contribution is 9.10. The van der Waals surface area contributed by atoms with Gasteiger partial charge in [0.25, 0.3) is 0 Å². The minimum atomic E-state index is -0.180. The van der Waals surface area contributed by atoms with Crippen LogP contribution < -0.4 is 5.32 Å². The number of benzene rings is 1. The van der Waals surface area contributed by atoms with Crippen LogP contribution in [0.25, 0.3) is 0 Å². The zero-order valence-corrected chi connectivity index (χ0v) is 12.2. The van der Waals surface area contributed by atoms with E-state index in [1.165, 1.54) is 0 Å². The summed E-state index contributed by atoms with van der Waals surface area (Å²) in [6.07, 6.45) is 0. The number of hydrogen-bond donors (Lipinski definition) is 1. The van der Waals surface area contributed by atoms with E-state index in [1.807, 2.05) is 6.07 Å². The van der Waals surface area contributed by atoms with Crippen molar-refractivity contribution < 1.29 is 4.39 Å². The van der Waals surface area contributed by atoms with E-state index in [-0.39, 0.29) is 18.2 Å². The van der Waals surface area contributed by atoms with Crippen LogP contribution in [0, 0.1) is 5.82 Å². The number of nitrogens with zero attached hydrogens (tertiary/aromatic N) is 1. The van der Waals surface area contributed by atoms with Crippen molar-refractivity contribution in [2.45, 2.75) is 19.5 Å². The van der Waals surface area contributed by atoms with Crippen LogP contribution in [-0.2, 0) is 6.54 Å². The molecule has 0 aromatic heterocycles. The van der Waals surface area contributed by atoms with E-state index in [2.05, 4.69) is 33.1 Å². The standard InChI is InChI=1S/C12H16BrFN2.ClH/c1-9-7-15-4-5-16(9)8-10-2-3-11(13)12(14)6-10;/h2-3,6,9,15H,4-5,7-8H2,1H3;1H/t9-;/m0./s1. The fourth-order valence-electron chi connectivity index (χ4n) is 1.99. The topological polar surface area (TPSA) is 15.3 Å². The maximum Gasteiger partial charge on any atom is 0.137 e.